The van der Waals surface area contributed by atoms with Crippen molar-refractivity contribution in [1.29, 1.82) is 0 Å². The smallest absolute Gasteiger partial charge is 0.281 e. The molecule has 0 aliphatic carbocycles. The Labute approximate surface area is 240 Å². The molecule has 3 aromatic carbocycles. The Bertz CT molecular complexity index is 1850. The Morgan fingerprint density at radius 2 is 1.61 bits per heavy atom. The van der Waals surface area contributed by atoms with Crippen molar-refractivity contribution in [3.63, 3.8) is 0 Å². The first-order valence-corrected chi connectivity index (χ1v) is 13.8. The third kappa shape index (κ3) is 5.50. The molecule has 1 amide bonds. The van der Waals surface area contributed by atoms with E-state index in [9.17, 15) is 4.79 Å². The highest BCUT2D eigenvalue weighted by molar-refractivity contribution is 7.18. The molecular weight excluding hydrogens is 536 g/mol. The quantitative estimate of drug-likeness (QED) is 0.217. The van der Waals surface area contributed by atoms with E-state index in [0.717, 1.165) is 28.3 Å². The van der Waals surface area contributed by atoms with Crippen LogP contribution in [0.2, 0.25) is 0 Å². The fourth-order valence-corrected chi connectivity index (χ4v) is 5.01. The molecule has 1 N–H and O–H groups in total. The minimum atomic E-state index is -0.474. The largest absolute Gasteiger partial charge is 0.457 e. The highest BCUT2D eigenvalue weighted by Crippen LogP contribution is 2.31. The summed E-state index contributed by atoms with van der Waals surface area (Å²) in [7, 11) is 0. The van der Waals surface area contributed by atoms with Gasteiger partial charge >= 0.3 is 0 Å². The van der Waals surface area contributed by atoms with Crippen molar-refractivity contribution in [2.45, 2.75) is 27.7 Å². The second kappa shape index (κ2) is 10.8. The Kier molecular flexibility index (Phi) is 6.90. The maximum Gasteiger partial charge on any atom is 0.281 e. The maximum atomic E-state index is 13.4. The van der Waals surface area contributed by atoms with Crippen molar-refractivity contribution in [3.05, 3.63) is 107 Å². The topological polar surface area (TPSA) is 108 Å². The average molecular weight is 563 g/mol. The van der Waals surface area contributed by atoms with E-state index in [0.29, 0.717) is 21.8 Å². The Balaban J connectivity index is 1.22. The summed E-state index contributed by atoms with van der Waals surface area (Å²) in [6.07, 6.45) is 0. The normalized spacial score (nSPS) is 11.0. The summed E-state index contributed by atoms with van der Waals surface area (Å²) in [5, 5.41) is 16.8. The summed E-state index contributed by atoms with van der Waals surface area (Å²) < 4.78 is 13.6. The lowest BCUT2D eigenvalue weighted by Gasteiger charge is -2.08. The van der Waals surface area contributed by atoms with E-state index >= 15 is 0 Å². The van der Waals surface area contributed by atoms with Gasteiger partial charge in [-0.05, 0) is 93.4 Å². The summed E-state index contributed by atoms with van der Waals surface area (Å²) in [6, 6.07) is 24.9. The van der Waals surface area contributed by atoms with E-state index in [1.807, 2.05) is 92.7 Å². The van der Waals surface area contributed by atoms with Crippen molar-refractivity contribution in [3.8, 4) is 39.4 Å². The van der Waals surface area contributed by atoms with Gasteiger partial charge in [0.05, 0.1) is 5.69 Å². The van der Waals surface area contributed by atoms with Gasteiger partial charge in [-0.1, -0.05) is 35.6 Å². The van der Waals surface area contributed by atoms with E-state index in [2.05, 4.69) is 39.4 Å². The van der Waals surface area contributed by atoms with E-state index < -0.39 is 5.91 Å². The monoisotopic (exact) mass is 562 g/mol. The number of oxazole rings is 1. The number of nitrogens with zero attached hydrogens (tertiary/aromatic N) is 5. The molecule has 0 radical (unpaired) electrons. The molecule has 9 nitrogen and oxygen atoms in total. The van der Waals surface area contributed by atoms with Crippen LogP contribution in [-0.2, 0) is 0 Å². The Hall–Kier alpha value is -5.09. The van der Waals surface area contributed by atoms with Crippen molar-refractivity contribution >= 4 is 22.4 Å². The predicted octanol–water partition coefficient (Wildman–Crippen LogP) is 7.32. The van der Waals surface area contributed by atoms with Crippen molar-refractivity contribution in [1.82, 2.24) is 25.0 Å². The number of anilines is 1. The molecule has 0 fully saturated rings. The number of carbonyl (C=O) groups excluding carboxylic acids is 1. The summed E-state index contributed by atoms with van der Waals surface area (Å²) in [5.74, 6) is 1.57. The first kappa shape index (κ1) is 26.1. The maximum absolute atomic E-state index is 13.4. The van der Waals surface area contributed by atoms with Crippen LogP contribution in [-0.4, -0.2) is 30.9 Å². The van der Waals surface area contributed by atoms with Gasteiger partial charge in [-0.15, -0.1) is 10.2 Å². The molecule has 0 aliphatic heterocycles. The zero-order chi connectivity index (χ0) is 28.5. The number of hydrogen-bond acceptors (Lipinski definition) is 8. The molecular formula is C31H26N6O3S. The average Bonchev–Trinajstić information content (AvgIpc) is 3.70. The summed E-state index contributed by atoms with van der Waals surface area (Å²) in [4.78, 5) is 18.0. The second-order valence-corrected chi connectivity index (χ2v) is 10.6. The molecule has 41 heavy (non-hydrogen) atoms. The molecule has 3 heterocycles. The van der Waals surface area contributed by atoms with Gasteiger partial charge in [-0.25, -0.2) is 9.67 Å². The summed E-state index contributed by atoms with van der Waals surface area (Å²) in [6.45, 7) is 7.90. The number of benzene rings is 3. The molecule has 6 rings (SSSR count). The van der Waals surface area contributed by atoms with Gasteiger partial charge in [0.25, 0.3) is 11.8 Å². The summed E-state index contributed by atoms with van der Waals surface area (Å²) >= 11 is 1.26. The minimum Gasteiger partial charge on any atom is -0.457 e. The van der Waals surface area contributed by atoms with Crippen LogP contribution in [0.25, 0.3) is 27.9 Å². The second-order valence-electron chi connectivity index (χ2n) is 9.62. The number of ether oxygens (including phenoxy) is 1. The van der Waals surface area contributed by atoms with Crippen molar-refractivity contribution in [2.24, 2.45) is 0 Å². The van der Waals surface area contributed by atoms with Crippen molar-refractivity contribution < 1.29 is 13.9 Å². The zero-order valence-corrected chi connectivity index (χ0v) is 23.7. The highest BCUT2D eigenvalue weighted by Gasteiger charge is 2.25. The molecule has 0 atom stereocenters. The molecule has 204 valence electrons. The van der Waals surface area contributed by atoms with Gasteiger partial charge in [0.2, 0.25) is 11.0 Å². The first-order valence-electron chi connectivity index (χ1n) is 12.9. The van der Waals surface area contributed by atoms with Crippen LogP contribution in [0.3, 0.4) is 0 Å². The van der Waals surface area contributed by atoms with Crippen LogP contribution in [0, 0.1) is 27.7 Å². The Morgan fingerprint density at radius 3 is 2.32 bits per heavy atom. The molecule has 10 heteroatoms. The zero-order valence-electron chi connectivity index (χ0n) is 22.9. The SMILES string of the molecule is Cc1cc(C)n(-c2oc(-c3ccccc3)nc2C(=O)Nc2nnc(-c3ccc(Oc4ccc(C)c(C)c4)cc3)s2)n1. The number of hydrogen-bond donors (Lipinski definition) is 1. The molecule has 3 aromatic heterocycles. The van der Waals surface area contributed by atoms with Gasteiger partial charge in [-0.2, -0.15) is 5.10 Å². The number of aromatic nitrogens is 5. The van der Waals surface area contributed by atoms with E-state index in [4.69, 9.17) is 9.15 Å². The fourth-order valence-electron chi connectivity index (χ4n) is 4.27. The van der Waals surface area contributed by atoms with Crippen LogP contribution in [0.1, 0.15) is 33.0 Å². The third-order valence-corrected chi connectivity index (χ3v) is 7.40. The fraction of sp³-hybridized carbons (Fsp3) is 0.129. The van der Waals surface area contributed by atoms with Crippen LogP contribution >= 0.6 is 11.3 Å². The number of rotatable bonds is 7. The van der Waals surface area contributed by atoms with Gasteiger partial charge in [0, 0.05) is 16.8 Å². The Morgan fingerprint density at radius 1 is 0.854 bits per heavy atom. The lowest BCUT2D eigenvalue weighted by Crippen LogP contribution is -2.15. The number of amides is 1. The van der Waals surface area contributed by atoms with Gasteiger partial charge in [0.1, 0.15) is 16.5 Å². The van der Waals surface area contributed by atoms with Gasteiger partial charge < -0.3 is 9.15 Å². The standard InChI is InChI=1S/C31H26N6O3S/c1-18-10-13-25(16-19(18)2)39-24-14-11-23(12-15-24)29-34-35-31(41-29)33-27(38)26-30(37-21(4)17-20(3)36-37)40-28(32-26)22-8-6-5-7-9-22/h5-17H,1-4H3,(H,33,35,38). The predicted molar refractivity (Wildman–Crippen MR) is 158 cm³/mol. The lowest BCUT2D eigenvalue weighted by atomic mass is 10.1. The van der Waals surface area contributed by atoms with Crippen LogP contribution in [0.5, 0.6) is 11.5 Å². The van der Waals surface area contributed by atoms with Crippen LogP contribution in [0.15, 0.2) is 83.3 Å². The molecule has 0 saturated carbocycles. The minimum absolute atomic E-state index is 0.0969. The molecule has 0 unspecified atom stereocenters. The van der Waals surface area contributed by atoms with E-state index in [1.54, 1.807) is 4.68 Å². The van der Waals surface area contributed by atoms with E-state index in [1.165, 1.54) is 22.5 Å². The number of nitrogens with one attached hydrogen (secondary N) is 1. The van der Waals surface area contributed by atoms with Gasteiger partial charge in [-0.3, -0.25) is 10.1 Å². The molecule has 0 saturated heterocycles. The molecule has 0 spiro atoms. The van der Waals surface area contributed by atoms with Crippen molar-refractivity contribution in [2.75, 3.05) is 5.32 Å². The lowest BCUT2D eigenvalue weighted by molar-refractivity contribution is 0.102. The molecule has 0 aliphatic rings. The number of carbonyl (C=O) groups is 1. The highest BCUT2D eigenvalue weighted by atomic mass is 32.1. The third-order valence-electron chi connectivity index (χ3n) is 6.51. The summed E-state index contributed by atoms with van der Waals surface area (Å²) in [5.41, 5.74) is 5.70. The van der Waals surface area contributed by atoms with Crippen LogP contribution in [0.4, 0.5) is 5.13 Å². The molecule has 0 bridgehead atoms. The van der Waals surface area contributed by atoms with Gasteiger partial charge in [0.15, 0.2) is 5.69 Å². The van der Waals surface area contributed by atoms with E-state index in [-0.39, 0.29) is 11.6 Å². The van der Waals surface area contributed by atoms with Crippen LogP contribution < -0.4 is 10.1 Å². The molecule has 6 aromatic rings. The first-order chi connectivity index (χ1) is 19.8. The number of aryl methyl sites for hydroxylation is 4.